The number of fused-ring (bicyclic) bond motifs is 1. The number of likely N-dealkylation sites (N-methyl/N-ethyl adjacent to an activating group) is 2. The van der Waals surface area contributed by atoms with Crippen LogP contribution in [0.5, 0.6) is 0 Å². The minimum absolute atomic E-state index is 0.289. The van der Waals surface area contributed by atoms with E-state index in [-0.39, 0.29) is 11.9 Å². The van der Waals surface area contributed by atoms with Gasteiger partial charge < -0.3 is 0 Å². The van der Waals surface area contributed by atoms with Crippen LogP contribution in [0, 0.1) is 0 Å². The highest BCUT2D eigenvalue weighted by Crippen LogP contribution is 2.26. The maximum Gasteiger partial charge on any atom is 0.358 e. The molecule has 0 spiro atoms. The van der Waals surface area contributed by atoms with E-state index in [2.05, 4.69) is 11.6 Å². The summed E-state index contributed by atoms with van der Waals surface area (Å²) in [6.45, 7) is 4.16. The number of aliphatic imine (C=N–C) groups is 1. The van der Waals surface area contributed by atoms with Crippen molar-refractivity contribution in [2.45, 2.75) is 12.6 Å². The molecule has 0 bridgehead atoms. The first-order valence-electron chi connectivity index (χ1n) is 7.70. The zero-order valence-electron chi connectivity index (χ0n) is 14.0. The molecular formula is C17H18ClN4O2S+. The second kappa shape index (κ2) is 7.01. The number of imide groups is 1. The van der Waals surface area contributed by atoms with Crippen molar-refractivity contribution in [2.24, 2.45) is 4.99 Å². The van der Waals surface area contributed by atoms with E-state index >= 15 is 0 Å². The van der Waals surface area contributed by atoms with Gasteiger partial charge in [-0.3, -0.25) is 14.6 Å². The number of hydrogen-bond donors (Lipinski definition) is 0. The number of carbonyl (C=O) groups excluding carboxylic acids is 2. The Morgan fingerprint density at radius 3 is 2.72 bits per heavy atom. The third kappa shape index (κ3) is 3.09. The second-order valence-electron chi connectivity index (χ2n) is 5.71. The van der Waals surface area contributed by atoms with Crippen LogP contribution in [0.1, 0.15) is 5.56 Å². The van der Waals surface area contributed by atoms with E-state index in [1.165, 1.54) is 23.7 Å². The second-order valence-corrected chi connectivity index (χ2v) is 7.11. The summed E-state index contributed by atoms with van der Waals surface area (Å²) in [6.07, 6.45) is 1.77. The van der Waals surface area contributed by atoms with E-state index in [0.717, 1.165) is 10.5 Å². The van der Waals surface area contributed by atoms with Crippen molar-refractivity contribution in [3.05, 3.63) is 47.5 Å². The molecule has 2 aliphatic heterocycles. The summed E-state index contributed by atoms with van der Waals surface area (Å²) in [7, 11) is 3.12. The fourth-order valence-corrected chi connectivity index (χ4v) is 3.75. The molecule has 2 aliphatic rings. The number of halogens is 1. The number of urea groups is 1. The van der Waals surface area contributed by atoms with Gasteiger partial charge in [-0.25, -0.2) is 9.37 Å². The number of hydrogen-bond acceptors (Lipinski definition) is 4. The summed E-state index contributed by atoms with van der Waals surface area (Å²) >= 11 is 7.77. The third-order valence-electron chi connectivity index (χ3n) is 4.12. The van der Waals surface area contributed by atoms with Gasteiger partial charge in [0.15, 0.2) is 0 Å². The van der Waals surface area contributed by atoms with Crippen LogP contribution >= 0.6 is 23.4 Å². The lowest BCUT2D eigenvalue weighted by Gasteiger charge is -2.30. The molecular weight excluding hydrogens is 360 g/mol. The first-order valence-corrected chi connectivity index (χ1v) is 9.06. The Labute approximate surface area is 155 Å². The lowest BCUT2D eigenvalue weighted by atomic mass is 10.1. The van der Waals surface area contributed by atoms with Crippen LogP contribution < -0.4 is 0 Å². The number of amidine groups is 2. The molecule has 0 aliphatic carbocycles. The Kier molecular flexibility index (Phi) is 4.96. The summed E-state index contributed by atoms with van der Waals surface area (Å²) in [5.41, 5.74) is 0.896. The average Bonchev–Trinajstić information content (AvgIpc) is 2.96. The molecule has 1 fully saturated rings. The predicted octanol–water partition coefficient (Wildman–Crippen LogP) is 2.43. The topological polar surface area (TPSA) is 56.0 Å². The van der Waals surface area contributed by atoms with Crippen LogP contribution in [0.3, 0.4) is 0 Å². The van der Waals surface area contributed by atoms with Gasteiger partial charge in [-0.05, 0) is 22.8 Å². The molecule has 6 nitrogen and oxygen atoms in total. The van der Waals surface area contributed by atoms with E-state index < -0.39 is 6.04 Å². The van der Waals surface area contributed by atoms with Gasteiger partial charge in [0.25, 0.3) is 17.8 Å². The van der Waals surface area contributed by atoms with Gasteiger partial charge in [-0.2, -0.15) is 0 Å². The van der Waals surface area contributed by atoms with Gasteiger partial charge in [-0.15, -0.1) is 6.58 Å². The van der Waals surface area contributed by atoms with E-state index in [1.807, 2.05) is 28.8 Å². The van der Waals surface area contributed by atoms with Crippen molar-refractivity contribution in [3.8, 4) is 0 Å². The number of nitrogens with zero attached hydrogens (tertiary/aromatic N) is 4. The highest BCUT2D eigenvalue weighted by molar-refractivity contribution is 8.13. The number of amides is 3. The molecule has 1 saturated heterocycles. The Morgan fingerprint density at radius 2 is 2.04 bits per heavy atom. The Hall–Kier alpha value is -2.12. The number of carbonyl (C=O) groups is 2. The van der Waals surface area contributed by atoms with Crippen LogP contribution in [0.4, 0.5) is 4.79 Å². The standard InChI is InChI=1S/C17H18ClN4O2S/c1-4-9-25-16-19-14-13(15(23)21(3)17(24)20(14)2)22(16)10-11-7-5-6-8-12(11)18/h4-8,13H,1,9-10H2,2-3H3/q+1. The van der Waals surface area contributed by atoms with Gasteiger partial charge in [-0.1, -0.05) is 35.9 Å². The molecule has 3 rings (SSSR count). The van der Waals surface area contributed by atoms with Crippen molar-refractivity contribution in [1.29, 1.82) is 0 Å². The fraction of sp³-hybridized carbons (Fsp3) is 0.294. The highest BCUT2D eigenvalue weighted by atomic mass is 35.5. The normalized spacial score (nSPS) is 20.1. The molecule has 2 heterocycles. The van der Waals surface area contributed by atoms with Crippen LogP contribution in [0.2, 0.25) is 5.02 Å². The predicted molar refractivity (Wildman–Crippen MR) is 100 cm³/mol. The average molecular weight is 378 g/mol. The smallest absolute Gasteiger partial charge is 0.269 e. The van der Waals surface area contributed by atoms with Crippen LogP contribution in [0.25, 0.3) is 0 Å². The number of benzene rings is 1. The summed E-state index contributed by atoms with van der Waals surface area (Å²) in [6, 6.07) is 6.49. The molecule has 130 valence electrons. The van der Waals surface area contributed by atoms with Gasteiger partial charge in [0, 0.05) is 30.4 Å². The van der Waals surface area contributed by atoms with Crippen molar-refractivity contribution in [2.75, 3.05) is 19.8 Å². The summed E-state index contributed by atoms with van der Waals surface area (Å²) in [5.74, 6) is 0.814. The molecule has 1 atom stereocenters. The van der Waals surface area contributed by atoms with Crippen molar-refractivity contribution in [1.82, 2.24) is 9.80 Å². The van der Waals surface area contributed by atoms with Gasteiger partial charge in [0.05, 0.1) is 0 Å². The third-order valence-corrected chi connectivity index (χ3v) is 5.48. The molecule has 0 N–H and O–H groups in total. The fourth-order valence-electron chi connectivity index (χ4n) is 2.79. The summed E-state index contributed by atoms with van der Waals surface area (Å²) < 4.78 is 1.90. The van der Waals surface area contributed by atoms with Gasteiger partial charge >= 0.3 is 11.2 Å². The Morgan fingerprint density at radius 1 is 1.32 bits per heavy atom. The monoisotopic (exact) mass is 377 g/mol. The Bertz CT molecular complexity index is 821. The minimum atomic E-state index is -0.628. The maximum absolute atomic E-state index is 12.7. The summed E-state index contributed by atoms with van der Waals surface area (Å²) in [4.78, 5) is 32.1. The Balaban J connectivity index is 2.03. The van der Waals surface area contributed by atoms with E-state index in [0.29, 0.717) is 28.3 Å². The quantitative estimate of drug-likeness (QED) is 0.598. The lowest BCUT2D eigenvalue weighted by Crippen LogP contribution is -2.61. The largest absolute Gasteiger partial charge is 0.358 e. The lowest BCUT2D eigenvalue weighted by molar-refractivity contribution is -0.548. The molecule has 1 aromatic rings. The van der Waals surface area contributed by atoms with E-state index in [9.17, 15) is 9.59 Å². The minimum Gasteiger partial charge on any atom is -0.269 e. The van der Waals surface area contributed by atoms with Crippen molar-refractivity contribution in [3.63, 3.8) is 0 Å². The van der Waals surface area contributed by atoms with Crippen molar-refractivity contribution >= 4 is 46.3 Å². The van der Waals surface area contributed by atoms with Gasteiger partial charge in [0.2, 0.25) is 0 Å². The first kappa shape index (κ1) is 17.7. The van der Waals surface area contributed by atoms with Crippen LogP contribution in [-0.2, 0) is 11.3 Å². The zero-order chi connectivity index (χ0) is 18.1. The number of rotatable bonds is 4. The molecule has 8 heteroatoms. The SMILES string of the molecule is C=CCSC1=[N+](Cc2ccccc2Cl)C2C(=O)N(C)C(=O)N(C)C2=N1. The van der Waals surface area contributed by atoms with Crippen LogP contribution in [0.15, 0.2) is 41.9 Å². The zero-order valence-corrected chi connectivity index (χ0v) is 15.5. The van der Waals surface area contributed by atoms with E-state index in [1.54, 1.807) is 13.1 Å². The van der Waals surface area contributed by atoms with Gasteiger partial charge in [0.1, 0.15) is 6.54 Å². The molecule has 1 aromatic carbocycles. The van der Waals surface area contributed by atoms with Crippen LogP contribution in [-0.4, -0.2) is 63.2 Å². The maximum atomic E-state index is 12.7. The molecule has 0 aromatic heterocycles. The molecule has 3 amide bonds. The molecule has 0 radical (unpaired) electrons. The number of thioether (sulfide) groups is 1. The highest BCUT2D eigenvalue weighted by Gasteiger charge is 2.53. The summed E-state index contributed by atoms with van der Waals surface area (Å²) in [5, 5.41) is 1.31. The molecule has 1 unspecified atom stereocenters. The van der Waals surface area contributed by atoms with Crippen molar-refractivity contribution < 1.29 is 14.2 Å². The molecule has 0 saturated carbocycles. The van der Waals surface area contributed by atoms with E-state index in [4.69, 9.17) is 11.6 Å². The molecule has 25 heavy (non-hydrogen) atoms. The first-order chi connectivity index (χ1) is 12.0.